The lowest BCUT2D eigenvalue weighted by atomic mass is 9.94. The highest BCUT2D eigenvalue weighted by Crippen LogP contribution is 2.34. The molecule has 0 spiro atoms. The van der Waals surface area contributed by atoms with Crippen molar-refractivity contribution in [3.05, 3.63) is 88.0 Å². The molecular formula is C26H22F4N4O2. The van der Waals surface area contributed by atoms with Gasteiger partial charge >= 0.3 is 6.18 Å². The van der Waals surface area contributed by atoms with E-state index in [1.807, 2.05) is 0 Å². The second-order valence-electron chi connectivity index (χ2n) is 8.37. The summed E-state index contributed by atoms with van der Waals surface area (Å²) in [6.45, 7) is 3.47. The van der Waals surface area contributed by atoms with Crippen LogP contribution >= 0.6 is 0 Å². The molecule has 0 saturated heterocycles. The molecule has 4 rings (SSSR count). The standard InChI is InChI=1S/C26H22F4N4O2/c1-13-7-16(24(35)33-11-15-5-4-6-17(9-15)26(28,29)30)8-14(2)21(13)23-18-10-20(25(36)31-3)34-22(18)19(27)12-32-23/h4-10,12,34H,11H2,1-3H3,(H,31,36)(H,33,35). The van der Waals surface area contributed by atoms with Gasteiger partial charge in [-0.1, -0.05) is 12.1 Å². The van der Waals surface area contributed by atoms with E-state index in [2.05, 4.69) is 20.6 Å². The molecule has 2 heterocycles. The number of carbonyl (C=O) groups is 2. The van der Waals surface area contributed by atoms with Gasteiger partial charge in [0.05, 0.1) is 23.0 Å². The van der Waals surface area contributed by atoms with Gasteiger partial charge in [0, 0.05) is 30.1 Å². The Hall–Kier alpha value is -4.21. The van der Waals surface area contributed by atoms with Crippen molar-refractivity contribution in [2.45, 2.75) is 26.6 Å². The van der Waals surface area contributed by atoms with Crippen LogP contribution in [-0.4, -0.2) is 28.8 Å². The van der Waals surface area contributed by atoms with Gasteiger partial charge in [0.15, 0.2) is 5.82 Å². The number of nitrogens with zero attached hydrogens (tertiary/aromatic N) is 1. The first-order valence-corrected chi connectivity index (χ1v) is 10.9. The van der Waals surface area contributed by atoms with Crippen LogP contribution in [-0.2, 0) is 12.7 Å². The summed E-state index contributed by atoms with van der Waals surface area (Å²) in [4.78, 5) is 31.8. The second-order valence-corrected chi connectivity index (χ2v) is 8.37. The Kier molecular flexibility index (Phi) is 6.53. The van der Waals surface area contributed by atoms with Crippen LogP contribution in [0.25, 0.3) is 22.2 Å². The summed E-state index contributed by atoms with van der Waals surface area (Å²) in [5, 5.41) is 5.55. The van der Waals surface area contributed by atoms with E-state index in [-0.39, 0.29) is 17.8 Å². The third-order valence-electron chi connectivity index (χ3n) is 5.83. The molecule has 186 valence electrons. The van der Waals surface area contributed by atoms with E-state index < -0.39 is 29.4 Å². The van der Waals surface area contributed by atoms with Crippen LogP contribution in [0, 0.1) is 19.7 Å². The van der Waals surface area contributed by atoms with Crippen LogP contribution in [0.5, 0.6) is 0 Å². The van der Waals surface area contributed by atoms with E-state index in [1.54, 1.807) is 26.0 Å². The first kappa shape index (κ1) is 24.9. The Labute approximate surface area is 203 Å². The predicted octanol–water partition coefficient (Wildman–Crippen LogP) is 5.29. The molecule has 10 heteroatoms. The highest BCUT2D eigenvalue weighted by Gasteiger charge is 2.30. The topological polar surface area (TPSA) is 86.9 Å². The Morgan fingerprint density at radius 2 is 1.72 bits per heavy atom. The smallest absolute Gasteiger partial charge is 0.354 e. The lowest BCUT2D eigenvalue weighted by Crippen LogP contribution is -2.23. The number of amides is 2. The monoisotopic (exact) mass is 498 g/mol. The van der Waals surface area contributed by atoms with Crippen molar-refractivity contribution < 1.29 is 27.2 Å². The quantitative estimate of drug-likeness (QED) is 0.327. The normalized spacial score (nSPS) is 11.5. The maximum absolute atomic E-state index is 14.4. The molecule has 0 fully saturated rings. The molecule has 0 saturated carbocycles. The number of carbonyl (C=O) groups excluding carboxylic acids is 2. The molecule has 3 N–H and O–H groups in total. The lowest BCUT2D eigenvalue weighted by molar-refractivity contribution is -0.137. The predicted molar refractivity (Wildman–Crippen MR) is 127 cm³/mol. The number of benzene rings is 2. The zero-order valence-electron chi connectivity index (χ0n) is 19.6. The van der Waals surface area contributed by atoms with E-state index in [0.717, 1.165) is 18.3 Å². The molecule has 4 aromatic rings. The summed E-state index contributed by atoms with van der Waals surface area (Å²) in [6, 6.07) is 9.55. The average molecular weight is 498 g/mol. The molecule has 0 radical (unpaired) electrons. The SMILES string of the molecule is CNC(=O)c1cc2c(-c3c(C)cc(C(=O)NCc4cccc(C(F)(F)F)c4)cc3C)ncc(F)c2[nH]1. The van der Waals surface area contributed by atoms with E-state index in [0.29, 0.717) is 38.9 Å². The lowest BCUT2D eigenvalue weighted by Gasteiger charge is -2.14. The molecule has 2 aromatic heterocycles. The number of hydrogen-bond donors (Lipinski definition) is 3. The third-order valence-corrected chi connectivity index (χ3v) is 5.83. The minimum absolute atomic E-state index is 0.0750. The fraction of sp³-hybridized carbons (Fsp3) is 0.192. The van der Waals surface area contributed by atoms with Crippen molar-refractivity contribution in [1.82, 2.24) is 20.6 Å². The van der Waals surface area contributed by atoms with Crippen LogP contribution in [0.1, 0.15) is 43.1 Å². The summed E-state index contributed by atoms with van der Waals surface area (Å²) in [5.74, 6) is -1.46. The van der Waals surface area contributed by atoms with E-state index in [9.17, 15) is 27.2 Å². The fourth-order valence-electron chi connectivity index (χ4n) is 4.15. The van der Waals surface area contributed by atoms with Gasteiger partial charge < -0.3 is 15.6 Å². The summed E-state index contributed by atoms with van der Waals surface area (Å²) in [5.41, 5.74) is 2.67. The van der Waals surface area contributed by atoms with Gasteiger partial charge in [0.25, 0.3) is 11.8 Å². The third kappa shape index (κ3) is 4.79. The molecule has 0 atom stereocenters. The van der Waals surface area contributed by atoms with Crippen molar-refractivity contribution in [3.8, 4) is 11.3 Å². The molecule has 6 nitrogen and oxygen atoms in total. The number of aryl methyl sites for hydroxylation is 2. The van der Waals surface area contributed by atoms with Crippen molar-refractivity contribution in [1.29, 1.82) is 0 Å². The Morgan fingerprint density at radius 1 is 1.03 bits per heavy atom. The molecule has 2 amide bonds. The minimum Gasteiger partial charge on any atom is -0.354 e. The van der Waals surface area contributed by atoms with Crippen molar-refractivity contribution in [3.63, 3.8) is 0 Å². The van der Waals surface area contributed by atoms with E-state index >= 15 is 0 Å². The summed E-state index contributed by atoms with van der Waals surface area (Å²) >= 11 is 0. The van der Waals surface area contributed by atoms with Crippen molar-refractivity contribution in [2.75, 3.05) is 7.05 Å². The van der Waals surface area contributed by atoms with Gasteiger partial charge in [-0.15, -0.1) is 0 Å². The highest BCUT2D eigenvalue weighted by molar-refractivity contribution is 6.03. The van der Waals surface area contributed by atoms with Crippen molar-refractivity contribution >= 4 is 22.7 Å². The molecule has 0 unspecified atom stereocenters. The number of halogens is 4. The summed E-state index contributed by atoms with van der Waals surface area (Å²) < 4.78 is 53.2. The second kappa shape index (κ2) is 9.44. The largest absolute Gasteiger partial charge is 0.416 e. The van der Waals surface area contributed by atoms with Gasteiger partial charge in [0.2, 0.25) is 0 Å². The van der Waals surface area contributed by atoms with Gasteiger partial charge in [-0.2, -0.15) is 13.2 Å². The number of alkyl halides is 3. The molecular weight excluding hydrogens is 476 g/mol. The van der Waals surface area contributed by atoms with E-state index in [1.165, 1.54) is 25.2 Å². The first-order chi connectivity index (χ1) is 17.0. The molecule has 0 bridgehead atoms. The zero-order valence-corrected chi connectivity index (χ0v) is 19.6. The maximum Gasteiger partial charge on any atom is 0.416 e. The van der Waals surface area contributed by atoms with Gasteiger partial charge in [-0.05, 0) is 60.9 Å². The van der Waals surface area contributed by atoms with Gasteiger partial charge in [-0.3, -0.25) is 14.6 Å². The molecule has 0 aliphatic carbocycles. The number of H-pyrrole nitrogens is 1. The molecule has 2 aromatic carbocycles. The number of nitrogens with one attached hydrogen (secondary N) is 3. The number of rotatable bonds is 5. The van der Waals surface area contributed by atoms with Crippen LogP contribution in [0.2, 0.25) is 0 Å². The number of pyridine rings is 1. The number of aromatic nitrogens is 2. The maximum atomic E-state index is 14.4. The molecule has 0 aliphatic heterocycles. The Morgan fingerprint density at radius 3 is 2.36 bits per heavy atom. The summed E-state index contributed by atoms with van der Waals surface area (Å²) in [6.07, 6.45) is -3.40. The van der Waals surface area contributed by atoms with Crippen LogP contribution in [0.4, 0.5) is 17.6 Å². The fourth-order valence-corrected chi connectivity index (χ4v) is 4.15. The van der Waals surface area contributed by atoms with E-state index in [4.69, 9.17) is 0 Å². The van der Waals surface area contributed by atoms with Crippen molar-refractivity contribution in [2.24, 2.45) is 0 Å². The Balaban J connectivity index is 1.63. The highest BCUT2D eigenvalue weighted by atomic mass is 19.4. The Bertz CT molecular complexity index is 1470. The van der Waals surface area contributed by atoms with Crippen LogP contribution in [0.3, 0.4) is 0 Å². The number of aromatic amines is 1. The number of hydrogen-bond acceptors (Lipinski definition) is 3. The summed E-state index contributed by atoms with van der Waals surface area (Å²) in [7, 11) is 1.47. The minimum atomic E-state index is -4.47. The van der Waals surface area contributed by atoms with Gasteiger partial charge in [-0.25, -0.2) is 4.39 Å². The number of fused-ring (bicyclic) bond motifs is 1. The van der Waals surface area contributed by atoms with Crippen LogP contribution < -0.4 is 10.6 Å². The first-order valence-electron chi connectivity index (χ1n) is 10.9. The van der Waals surface area contributed by atoms with Crippen LogP contribution in [0.15, 0.2) is 48.7 Å². The average Bonchev–Trinajstić information content (AvgIpc) is 3.29. The zero-order chi connectivity index (χ0) is 26.2. The molecule has 0 aliphatic rings. The van der Waals surface area contributed by atoms with Gasteiger partial charge in [0.1, 0.15) is 5.69 Å². The molecule has 36 heavy (non-hydrogen) atoms.